The Balaban J connectivity index is 0.000000201. The number of amides is 4. The fourth-order valence-electron chi connectivity index (χ4n) is 14.4. The summed E-state index contributed by atoms with van der Waals surface area (Å²) in [5, 5.41) is 29.1. The third-order valence-corrected chi connectivity index (χ3v) is 42.0. The molecule has 0 atom stereocenters. The zero-order valence-corrected chi connectivity index (χ0v) is 83.6. The SMILES string of the molecule is F[B-](F)(F)F.[C-]#Cc1ccc(NC(=O)Nc2ccc(C(C)(C)C)cc2)cc1.[C-]#Cc1ccc(NC(=O)Nc2ccc(C(C)(C)C)cc2)cc1.[Cu+].[Cu+].[Cu+].c1ccc([PH+](C[PH+](c2ccccc2)c2ccccc2)c2ccccc2)cc1.c1ccc([PH+](C[PH+](c2ccccc2)c2ccccc2)c2ccccc2)cc1.c1ccc([PH+](C[PH+](c2ccccc2)c2ccccc2)c2ccccc2)cc1. The molecule has 16 rings (SSSR count). The van der Waals surface area contributed by atoms with Gasteiger partial charge in [-0.2, -0.15) is 0 Å². The Bertz CT molecular complexity index is 5090. The van der Waals surface area contributed by atoms with Gasteiger partial charge in [0.2, 0.25) is 0 Å². The van der Waals surface area contributed by atoms with E-state index in [9.17, 15) is 26.9 Å². The second-order valence-corrected chi connectivity index (χ2v) is 49.4. The first kappa shape index (κ1) is 107. The Morgan fingerprint density at radius 3 is 0.466 bits per heavy atom. The maximum atomic E-state index is 11.9. The maximum absolute atomic E-state index is 11.9. The molecule has 0 aliphatic carbocycles. The maximum Gasteiger partial charge on any atom is 1.00 e. The largest absolute Gasteiger partial charge is 1.00 e. The molecule has 0 saturated carbocycles. The van der Waals surface area contributed by atoms with Crippen LogP contribution in [0.1, 0.15) is 63.8 Å². The van der Waals surface area contributed by atoms with Crippen molar-refractivity contribution in [3.8, 4) is 11.8 Å². The van der Waals surface area contributed by atoms with Crippen LogP contribution >= 0.6 is 47.5 Å². The molecule has 0 aliphatic rings. The molecule has 4 N–H and O–H groups in total. The number of anilines is 4. The summed E-state index contributed by atoms with van der Waals surface area (Å²) >= 11 is 0. The molecule has 0 unspecified atom stereocenters. The van der Waals surface area contributed by atoms with Crippen LogP contribution in [0.25, 0.3) is 0 Å². The van der Waals surface area contributed by atoms with E-state index in [-0.39, 0.29) is 74.1 Å². The van der Waals surface area contributed by atoms with E-state index in [4.69, 9.17) is 12.8 Å². The molecule has 6 nitrogen and oxygen atoms in total. The van der Waals surface area contributed by atoms with Crippen LogP contribution in [-0.4, -0.2) is 37.0 Å². The Kier molecular flexibility index (Phi) is 45.5. The molecule has 0 saturated heterocycles. The molecule has 4 amide bonds. The van der Waals surface area contributed by atoms with E-state index >= 15 is 0 Å². The van der Waals surface area contributed by atoms with Gasteiger partial charge in [-0.1, -0.05) is 308 Å². The monoisotopic (exact) mass is 2020 g/mol. The first-order valence-corrected chi connectivity index (χ1v) is 53.4. The first-order chi connectivity index (χ1) is 63.0. The Hall–Kier alpha value is -10.9. The molecule has 0 bridgehead atoms. The van der Waals surface area contributed by atoms with Gasteiger partial charge < -0.3 is 51.4 Å². The van der Waals surface area contributed by atoms with Gasteiger partial charge in [-0.25, -0.2) is 9.59 Å². The summed E-state index contributed by atoms with van der Waals surface area (Å²) < 4.78 is 39.0. The van der Waals surface area contributed by atoms with Crippen LogP contribution in [0, 0.1) is 24.7 Å². The van der Waals surface area contributed by atoms with Crippen molar-refractivity contribution in [2.75, 3.05) is 39.0 Å². The second kappa shape index (κ2) is 56.3. The summed E-state index contributed by atoms with van der Waals surface area (Å²) in [4.78, 5) is 23.9. The first-order valence-electron chi connectivity index (χ1n) is 43.1. The van der Waals surface area contributed by atoms with Crippen molar-refractivity contribution in [1.29, 1.82) is 0 Å². The van der Waals surface area contributed by atoms with Crippen molar-refractivity contribution in [1.82, 2.24) is 0 Å². The minimum atomic E-state index is -6.00. The minimum absolute atomic E-state index is 0. The van der Waals surface area contributed by atoms with E-state index in [2.05, 4.69) is 439 Å². The van der Waals surface area contributed by atoms with Crippen molar-refractivity contribution in [3.05, 3.63) is 496 Å². The van der Waals surface area contributed by atoms with Gasteiger partial charge in [0.25, 0.3) is 0 Å². The number of hydrogen-bond donors (Lipinski definition) is 4. The summed E-state index contributed by atoms with van der Waals surface area (Å²) in [5.74, 6) is 8.31. The van der Waals surface area contributed by atoms with E-state index in [0.29, 0.717) is 22.5 Å². The van der Waals surface area contributed by atoms with Gasteiger partial charge in [0.05, 0.1) is 0 Å². The Morgan fingerprint density at radius 2 is 0.353 bits per heavy atom. The zero-order chi connectivity index (χ0) is 91.8. The predicted octanol–water partition coefficient (Wildman–Crippen LogP) is 24.4. The van der Waals surface area contributed by atoms with Crippen molar-refractivity contribution >= 4 is 153 Å². The van der Waals surface area contributed by atoms with Crippen LogP contribution in [0.4, 0.5) is 49.6 Å². The minimum Gasteiger partial charge on any atom is -0.418 e. The number of halogens is 4. The number of carbonyl (C=O) groups is 2. The van der Waals surface area contributed by atoms with Crippen molar-refractivity contribution in [3.63, 3.8) is 0 Å². The van der Waals surface area contributed by atoms with Crippen LogP contribution in [0.5, 0.6) is 0 Å². The third kappa shape index (κ3) is 36.4. The van der Waals surface area contributed by atoms with E-state index in [1.165, 1.54) is 92.5 Å². The third-order valence-electron chi connectivity index (χ3n) is 21.1. The van der Waals surface area contributed by atoms with Crippen LogP contribution in [0.15, 0.2) is 461 Å². The molecular weight excluding hydrogens is 1910 g/mol. The van der Waals surface area contributed by atoms with Gasteiger partial charge in [-0.15, -0.1) is 35.4 Å². The number of benzene rings is 16. The molecule has 0 aromatic heterocycles. The van der Waals surface area contributed by atoms with Gasteiger partial charge in [-0.3, -0.25) is 11.8 Å². The fraction of sp³-hybridized carbons (Fsp3) is 0.0973. The van der Waals surface area contributed by atoms with Crippen molar-refractivity contribution < 1.29 is 78.1 Å². The average molecular weight is 2020 g/mol. The van der Waals surface area contributed by atoms with Gasteiger partial charge in [-0.05, 0) is 192 Å². The van der Waals surface area contributed by atoms with Crippen LogP contribution in [-0.2, 0) is 62.0 Å². The standard InChI is InChI=1S/3C25H22P2.2C19H19N2O.BF4.3Cu/c3*1-5-13-22(14-6-1)26(23-15-7-2-8-16-23)21-27(24-17-9-3-10-18-24)25-19-11-4-12-20-25;2*1-5-14-6-10-16(11-7-14)20-18(22)21-17-12-8-15(9-13-17)19(2,3)4;2-1(3,4)5;;;/h3*1-20H,21H2;2*6-13H,2-4H3,(H2,20,21,22);;;;/q;;;3*-1;3*+1/p+6. The van der Waals surface area contributed by atoms with Gasteiger partial charge in [0.15, 0.2) is 17.7 Å². The molecule has 0 heterocycles. The van der Waals surface area contributed by atoms with E-state index < -0.39 is 54.8 Å². The summed E-state index contributed by atoms with van der Waals surface area (Å²) in [6, 6.07) is 162. The Labute approximate surface area is 823 Å². The van der Waals surface area contributed by atoms with Crippen molar-refractivity contribution in [2.45, 2.75) is 52.4 Å². The topological polar surface area (TPSA) is 82.3 Å². The molecule has 0 aliphatic heterocycles. The molecular formula is C113H110BCu3F4N4O2P6+6. The van der Waals surface area contributed by atoms with E-state index in [0.717, 1.165) is 11.4 Å². The molecule has 16 aromatic rings. The van der Waals surface area contributed by atoms with Gasteiger partial charge in [0, 0.05) is 22.7 Å². The number of hydrogen-bond acceptors (Lipinski definition) is 2. The average Bonchev–Trinajstić information content (AvgIpc) is 0.820. The van der Waals surface area contributed by atoms with Crippen LogP contribution in [0.3, 0.4) is 0 Å². The van der Waals surface area contributed by atoms with Crippen LogP contribution < -0.4 is 84.9 Å². The van der Waals surface area contributed by atoms with E-state index in [1.807, 2.05) is 48.5 Å². The molecule has 0 radical (unpaired) electrons. The Morgan fingerprint density at radius 1 is 0.233 bits per heavy atom. The van der Waals surface area contributed by atoms with E-state index in [1.54, 1.807) is 48.5 Å². The second-order valence-electron chi connectivity index (χ2n) is 32.5. The van der Waals surface area contributed by atoms with Crippen LogP contribution in [0.2, 0.25) is 0 Å². The van der Waals surface area contributed by atoms with Crippen molar-refractivity contribution in [2.24, 2.45) is 0 Å². The smallest absolute Gasteiger partial charge is 0.418 e. The molecule has 682 valence electrons. The fourth-order valence-corrected chi connectivity index (χ4v) is 37.6. The van der Waals surface area contributed by atoms with Gasteiger partial charge in [0.1, 0.15) is 111 Å². The summed E-state index contributed by atoms with van der Waals surface area (Å²) in [6.07, 6.45) is 14.0. The van der Waals surface area contributed by atoms with Gasteiger partial charge >= 0.3 is 70.5 Å². The summed E-state index contributed by atoms with van der Waals surface area (Å²) in [7, 11) is -11.1. The normalized spacial score (nSPS) is 10.7. The number of nitrogens with one attached hydrogen (secondary N) is 4. The summed E-state index contributed by atoms with van der Waals surface area (Å²) in [6.45, 7) is 12.9. The molecule has 0 spiro atoms. The molecule has 0 fully saturated rings. The molecule has 133 heavy (non-hydrogen) atoms. The summed E-state index contributed by atoms with van der Waals surface area (Å²) in [5.41, 5.74) is 6.79. The molecule has 20 heteroatoms. The zero-order valence-electron chi connectivity index (χ0n) is 74.8. The number of urea groups is 2. The quantitative estimate of drug-likeness (QED) is 0.0179. The number of carbonyl (C=O) groups excluding carboxylic acids is 2. The number of rotatable bonds is 22. The predicted molar refractivity (Wildman–Crippen MR) is 569 cm³/mol. The molecule has 16 aromatic carbocycles.